The fourth-order valence-corrected chi connectivity index (χ4v) is 4.95. The quantitative estimate of drug-likeness (QED) is 0.321. The molecule has 5 rings (SSSR count). The van der Waals surface area contributed by atoms with E-state index >= 15 is 0 Å². The van der Waals surface area contributed by atoms with Gasteiger partial charge in [-0.05, 0) is 63.1 Å². The van der Waals surface area contributed by atoms with E-state index in [2.05, 4.69) is 38.4 Å². The van der Waals surface area contributed by atoms with E-state index in [4.69, 9.17) is 9.26 Å². The second kappa shape index (κ2) is 12.9. The number of aliphatic imine (C=N–C) groups is 1. The number of aryl methyl sites for hydroxylation is 2. The van der Waals surface area contributed by atoms with E-state index in [1.54, 1.807) is 7.05 Å². The number of carbonyl (C=O) groups is 1. The van der Waals surface area contributed by atoms with Gasteiger partial charge in [-0.2, -0.15) is 0 Å². The molecule has 1 aromatic carbocycles. The Morgan fingerprint density at radius 3 is 2.59 bits per heavy atom. The van der Waals surface area contributed by atoms with E-state index in [-0.39, 0.29) is 5.91 Å². The Kier molecular flexibility index (Phi) is 8.84. The van der Waals surface area contributed by atoms with Crippen LogP contribution in [0.15, 0.2) is 81.4 Å². The van der Waals surface area contributed by atoms with Crippen molar-refractivity contribution in [3.05, 3.63) is 88.7 Å². The number of amides is 1. The molecule has 1 fully saturated rings. The molecule has 1 amide bonds. The molecule has 0 spiro atoms. The molecule has 1 aliphatic carbocycles. The normalized spacial score (nSPS) is 19.9. The van der Waals surface area contributed by atoms with E-state index in [9.17, 15) is 4.79 Å². The molecule has 0 atom stereocenters. The predicted octanol–water partition coefficient (Wildman–Crippen LogP) is 4.79. The van der Waals surface area contributed by atoms with Gasteiger partial charge in [0.2, 0.25) is 5.90 Å². The number of nitrogens with zero attached hydrogens (tertiary/aromatic N) is 6. The van der Waals surface area contributed by atoms with Gasteiger partial charge < -0.3 is 19.1 Å². The Labute approximate surface area is 240 Å². The third-order valence-corrected chi connectivity index (χ3v) is 7.35. The van der Waals surface area contributed by atoms with Gasteiger partial charge in [-0.15, -0.1) is 10.2 Å². The number of rotatable bonds is 6. The maximum Gasteiger partial charge on any atom is 0.253 e. The maximum absolute atomic E-state index is 13.1. The molecule has 212 valence electrons. The number of carbonyl (C=O) groups excluding carboxylic acids is 1. The van der Waals surface area contributed by atoms with Crippen molar-refractivity contribution in [2.75, 3.05) is 46.9 Å². The lowest BCUT2D eigenvalue weighted by molar-refractivity contribution is -0.128. The molecule has 9 nitrogen and oxygen atoms in total. The standard InChI is InChI=1S/C32H36N6O3/c1-22-19-28(34-35-30(22)29-20-23(2)41-36-29)26-11-7-8-12-27(26)31(33-3)40-21-24-9-5-6-10-25(14-13-24)32(39)38-17-15-37(4)16-18-38/h6-8,10-14,19-20H,5,9,15-18,21H2,1-4H3/b10-6-,24-13+,25-14+,33-31?. The summed E-state index contributed by atoms with van der Waals surface area (Å²) in [4.78, 5) is 21.8. The van der Waals surface area contributed by atoms with Crippen LogP contribution in [-0.2, 0) is 9.53 Å². The first kappa shape index (κ1) is 28.2. The van der Waals surface area contributed by atoms with Crippen molar-refractivity contribution in [1.82, 2.24) is 25.2 Å². The molecule has 2 aromatic heterocycles. The van der Waals surface area contributed by atoms with Gasteiger partial charge in [0, 0.05) is 56.0 Å². The molecule has 0 unspecified atom stereocenters. The molecule has 3 aromatic rings. The van der Waals surface area contributed by atoms with Crippen LogP contribution in [-0.4, -0.2) is 83.8 Å². The molecule has 0 radical (unpaired) electrons. The topological polar surface area (TPSA) is 97.0 Å². The van der Waals surface area contributed by atoms with Gasteiger partial charge in [0.15, 0.2) is 0 Å². The van der Waals surface area contributed by atoms with Crippen LogP contribution in [0.25, 0.3) is 22.6 Å². The summed E-state index contributed by atoms with van der Waals surface area (Å²) in [5.41, 5.74) is 6.53. The third kappa shape index (κ3) is 6.69. The number of hydrogen-bond acceptors (Lipinski definition) is 8. The monoisotopic (exact) mass is 552 g/mol. The second-order valence-electron chi connectivity index (χ2n) is 10.4. The number of ether oxygens (including phenoxy) is 1. The van der Waals surface area contributed by atoms with Crippen LogP contribution >= 0.6 is 0 Å². The zero-order chi connectivity index (χ0) is 28.8. The minimum Gasteiger partial charge on any atom is -0.473 e. The van der Waals surface area contributed by atoms with E-state index in [1.165, 1.54) is 0 Å². The summed E-state index contributed by atoms with van der Waals surface area (Å²) in [6.45, 7) is 7.50. The van der Waals surface area contributed by atoms with Gasteiger partial charge in [-0.25, -0.2) is 0 Å². The molecule has 0 N–H and O–H groups in total. The van der Waals surface area contributed by atoms with Gasteiger partial charge in [-0.1, -0.05) is 41.6 Å². The minimum atomic E-state index is 0.0820. The van der Waals surface area contributed by atoms with Crippen molar-refractivity contribution >= 4 is 11.8 Å². The molecule has 9 heteroatoms. The Morgan fingerprint density at radius 1 is 1.05 bits per heavy atom. The zero-order valence-corrected chi connectivity index (χ0v) is 24.1. The van der Waals surface area contributed by atoms with Crippen LogP contribution in [0.1, 0.15) is 29.7 Å². The molecule has 0 bridgehead atoms. The lowest BCUT2D eigenvalue weighted by atomic mass is 10.0. The highest BCUT2D eigenvalue weighted by Crippen LogP contribution is 2.27. The van der Waals surface area contributed by atoms with Gasteiger partial charge >= 0.3 is 0 Å². The summed E-state index contributed by atoms with van der Waals surface area (Å²) >= 11 is 0. The highest BCUT2D eigenvalue weighted by Gasteiger charge is 2.21. The zero-order valence-electron chi connectivity index (χ0n) is 24.1. The summed E-state index contributed by atoms with van der Waals surface area (Å²) in [5, 5.41) is 13.0. The number of likely N-dealkylation sites (N-methyl/N-ethyl adjacent to an activating group) is 1. The smallest absolute Gasteiger partial charge is 0.253 e. The van der Waals surface area contributed by atoms with Crippen molar-refractivity contribution < 1.29 is 14.1 Å². The number of aromatic nitrogens is 3. The lowest BCUT2D eigenvalue weighted by Crippen LogP contribution is -2.47. The lowest BCUT2D eigenvalue weighted by Gasteiger charge is -2.32. The number of allylic oxidation sites excluding steroid dienone is 3. The fraction of sp³-hybridized carbons (Fsp3) is 0.344. The molecule has 1 aliphatic heterocycles. The highest BCUT2D eigenvalue weighted by molar-refractivity contribution is 6.00. The van der Waals surface area contributed by atoms with E-state index in [0.29, 0.717) is 29.5 Å². The number of piperazine rings is 1. The summed E-state index contributed by atoms with van der Waals surface area (Å²) in [7, 11) is 3.81. The summed E-state index contributed by atoms with van der Waals surface area (Å²) in [6, 6.07) is 11.7. The van der Waals surface area contributed by atoms with Crippen molar-refractivity contribution in [3.8, 4) is 22.6 Å². The van der Waals surface area contributed by atoms with Crippen LogP contribution < -0.4 is 0 Å². The molecule has 0 saturated carbocycles. The second-order valence-corrected chi connectivity index (χ2v) is 10.4. The first-order valence-corrected chi connectivity index (χ1v) is 13.9. The Bertz CT molecular complexity index is 1530. The average Bonchev–Trinajstić information content (AvgIpc) is 3.40. The summed E-state index contributed by atoms with van der Waals surface area (Å²) in [6.07, 6.45) is 9.64. The number of benzene rings is 1. The molecule has 3 heterocycles. The van der Waals surface area contributed by atoms with Crippen molar-refractivity contribution in [1.29, 1.82) is 0 Å². The Balaban J connectivity index is 1.32. The van der Waals surface area contributed by atoms with Gasteiger partial charge in [0.1, 0.15) is 23.8 Å². The molecule has 1 saturated heterocycles. The SMILES string of the molecule is CN=C(OC/C1=C/C=C(C(=O)N2CCN(C)CC2)\C=C/CC1)c1ccccc1-c1cc(C)c(-c2cc(C)on2)nn1. The van der Waals surface area contributed by atoms with Gasteiger partial charge in [-0.3, -0.25) is 9.79 Å². The third-order valence-electron chi connectivity index (χ3n) is 7.35. The molecule has 2 aliphatic rings. The van der Waals surface area contributed by atoms with E-state index in [1.807, 2.05) is 73.4 Å². The Hall–Kier alpha value is -4.37. The first-order valence-electron chi connectivity index (χ1n) is 13.9. The van der Waals surface area contributed by atoms with Gasteiger partial charge in [0.05, 0.1) is 5.69 Å². The van der Waals surface area contributed by atoms with Crippen molar-refractivity contribution in [2.45, 2.75) is 26.7 Å². The minimum absolute atomic E-state index is 0.0820. The van der Waals surface area contributed by atoms with Crippen molar-refractivity contribution in [2.24, 2.45) is 4.99 Å². The van der Waals surface area contributed by atoms with Crippen LogP contribution in [0, 0.1) is 13.8 Å². The van der Waals surface area contributed by atoms with Crippen LogP contribution in [0.5, 0.6) is 0 Å². The molecule has 41 heavy (non-hydrogen) atoms. The first-order chi connectivity index (χ1) is 19.9. The maximum atomic E-state index is 13.1. The predicted molar refractivity (Wildman–Crippen MR) is 159 cm³/mol. The van der Waals surface area contributed by atoms with Crippen LogP contribution in [0.4, 0.5) is 0 Å². The average molecular weight is 553 g/mol. The van der Waals surface area contributed by atoms with E-state index in [0.717, 1.165) is 72.7 Å². The van der Waals surface area contributed by atoms with Gasteiger partial charge in [0.25, 0.3) is 5.91 Å². The Morgan fingerprint density at radius 2 is 1.85 bits per heavy atom. The van der Waals surface area contributed by atoms with Crippen LogP contribution in [0.2, 0.25) is 0 Å². The highest BCUT2D eigenvalue weighted by atomic mass is 16.5. The summed E-state index contributed by atoms with van der Waals surface area (Å²) < 4.78 is 11.5. The summed E-state index contributed by atoms with van der Waals surface area (Å²) in [5.74, 6) is 1.33. The largest absolute Gasteiger partial charge is 0.473 e. The van der Waals surface area contributed by atoms with Crippen molar-refractivity contribution in [3.63, 3.8) is 0 Å². The molecular formula is C32H36N6O3. The fourth-order valence-electron chi connectivity index (χ4n) is 4.95. The van der Waals surface area contributed by atoms with Crippen LogP contribution in [0.3, 0.4) is 0 Å². The van der Waals surface area contributed by atoms with E-state index < -0.39 is 0 Å². The molecular weight excluding hydrogens is 516 g/mol. The number of hydrogen-bond donors (Lipinski definition) is 0.